The molecule has 1 aliphatic carbocycles. The van der Waals surface area contributed by atoms with E-state index in [0.717, 1.165) is 27.5 Å². The third-order valence-corrected chi connectivity index (χ3v) is 8.33. The van der Waals surface area contributed by atoms with Gasteiger partial charge in [-0.05, 0) is 125 Å². The molecule has 0 saturated carbocycles. The maximum absolute atomic E-state index is 5.43. The molecular formula is C35H29Br2IN4. The molecule has 7 rings (SSSR count). The van der Waals surface area contributed by atoms with Crippen LogP contribution in [0.3, 0.4) is 0 Å². The monoisotopic (exact) mass is 790 g/mol. The van der Waals surface area contributed by atoms with Crippen molar-refractivity contribution in [1.29, 1.82) is 0 Å². The Hall–Kier alpha value is -3.40. The summed E-state index contributed by atoms with van der Waals surface area (Å²) >= 11 is 8.98. The van der Waals surface area contributed by atoms with Crippen LogP contribution >= 0.6 is 54.5 Å². The van der Waals surface area contributed by atoms with Crippen molar-refractivity contribution in [3.8, 4) is 11.1 Å². The fourth-order valence-electron chi connectivity index (χ4n) is 4.13. The number of hydrogen-bond acceptors (Lipinski definition) is 4. The van der Waals surface area contributed by atoms with E-state index < -0.39 is 0 Å². The molecule has 0 unspecified atom stereocenters. The Bertz CT molecular complexity index is 1620. The molecule has 0 fully saturated rings. The fraction of sp³-hybridized carbons (Fsp3) is 0.0571. The van der Waals surface area contributed by atoms with Crippen molar-refractivity contribution in [2.45, 2.75) is 12.8 Å². The lowest BCUT2D eigenvalue weighted by molar-refractivity contribution is 1.14. The Morgan fingerprint density at radius 1 is 0.595 bits per heavy atom. The van der Waals surface area contributed by atoms with Gasteiger partial charge in [0.05, 0.1) is 4.47 Å². The molecule has 4 nitrogen and oxygen atoms in total. The van der Waals surface area contributed by atoms with E-state index in [9.17, 15) is 0 Å². The maximum Gasteiger partial charge on any atom is 0.0588 e. The van der Waals surface area contributed by atoms with Gasteiger partial charge < -0.3 is 5.73 Å². The summed E-state index contributed by atoms with van der Waals surface area (Å²) in [5.74, 6) is 0. The van der Waals surface area contributed by atoms with Crippen LogP contribution in [0.5, 0.6) is 0 Å². The molecule has 7 heteroatoms. The third kappa shape index (κ3) is 9.86. The van der Waals surface area contributed by atoms with Crippen LogP contribution in [-0.2, 0) is 12.8 Å². The highest BCUT2D eigenvalue weighted by atomic mass is 127. The van der Waals surface area contributed by atoms with Crippen LogP contribution in [0, 0.1) is 3.57 Å². The van der Waals surface area contributed by atoms with Crippen LogP contribution in [0.2, 0.25) is 0 Å². The van der Waals surface area contributed by atoms with Gasteiger partial charge in [-0.3, -0.25) is 15.0 Å². The van der Waals surface area contributed by atoms with E-state index in [1.54, 1.807) is 18.5 Å². The number of nitrogen functional groups attached to an aromatic ring is 1. The number of halogens is 3. The second-order valence-corrected chi connectivity index (χ2v) is 12.1. The van der Waals surface area contributed by atoms with Gasteiger partial charge in [-0.1, -0.05) is 72.8 Å². The highest BCUT2D eigenvalue weighted by Gasteiger charge is 2.16. The van der Waals surface area contributed by atoms with Gasteiger partial charge in [-0.2, -0.15) is 0 Å². The van der Waals surface area contributed by atoms with E-state index in [-0.39, 0.29) is 0 Å². The van der Waals surface area contributed by atoms with E-state index in [4.69, 9.17) is 5.73 Å². The van der Waals surface area contributed by atoms with Crippen molar-refractivity contribution in [1.82, 2.24) is 15.0 Å². The Morgan fingerprint density at radius 3 is 1.79 bits per heavy atom. The second-order valence-electron chi connectivity index (χ2n) is 9.19. The average molecular weight is 792 g/mol. The molecule has 3 aromatic carbocycles. The Labute approximate surface area is 277 Å². The predicted molar refractivity (Wildman–Crippen MR) is 189 cm³/mol. The summed E-state index contributed by atoms with van der Waals surface area (Å²) in [4.78, 5) is 12.0. The third-order valence-electron chi connectivity index (χ3n) is 6.23. The van der Waals surface area contributed by atoms with E-state index >= 15 is 0 Å². The lowest BCUT2D eigenvalue weighted by Crippen LogP contribution is -1.89. The normalized spacial score (nSPS) is 10.4. The van der Waals surface area contributed by atoms with Crippen molar-refractivity contribution < 1.29 is 0 Å². The first-order valence-electron chi connectivity index (χ1n) is 13.2. The minimum Gasteiger partial charge on any atom is -0.398 e. The molecule has 0 bridgehead atoms. The molecule has 1 aliphatic rings. The summed E-state index contributed by atoms with van der Waals surface area (Å²) < 4.78 is 3.21. The number of fused-ring (bicyclic) bond motifs is 3. The smallest absolute Gasteiger partial charge is 0.0588 e. The van der Waals surface area contributed by atoms with Crippen molar-refractivity contribution in [3.63, 3.8) is 0 Å². The lowest BCUT2D eigenvalue weighted by Gasteiger charge is -2.03. The van der Waals surface area contributed by atoms with E-state index in [2.05, 4.69) is 136 Å². The van der Waals surface area contributed by atoms with E-state index in [1.807, 2.05) is 55.1 Å². The maximum atomic E-state index is 5.43. The molecule has 0 spiro atoms. The van der Waals surface area contributed by atoms with Crippen molar-refractivity contribution >= 4 is 60.1 Å². The number of benzene rings is 3. The van der Waals surface area contributed by atoms with Gasteiger partial charge in [-0.15, -0.1) is 0 Å². The minimum absolute atomic E-state index is 0.722. The standard InChI is InChI=1S/C12H10BrN.C12H9N.C6H5I.C5H5BrN2/c13-12-9-14-7-6-11(12)8-10-4-2-1-3-5-10;1-2-4-11-9(3-1)7-10-5-6-13-8-12(10)11;7-6-4-2-1-3-5-6;6-4-3-8-2-1-5(4)7/h1-7,9H,8H2;1-6,8H,7H2;1-5H;1-3H,(H2,7,8). The SMILES string of the molecule is Brc1cnccc1Cc1ccccc1.Ic1ccccc1.Nc1ccncc1Br.c1ccc2c(c1)Cc1ccncc1-2. The Balaban J connectivity index is 0.000000134. The van der Waals surface area contributed by atoms with Crippen LogP contribution < -0.4 is 5.73 Å². The molecule has 0 radical (unpaired) electrons. The number of hydrogen-bond donors (Lipinski definition) is 1. The largest absolute Gasteiger partial charge is 0.398 e. The molecule has 3 aromatic heterocycles. The summed E-state index contributed by atoms with van der Waals surface area (Å²) in [6.07, 6.45) is 12.8. The molecule has 0 aliphatic heterocycles. The topological polar surface area (TPSA) is 64.7 Å². The van der Waals surface area contributed by atoms with Gasteiger partial charge in [0.15, 0.2) is 0 Å². The van der Waals surface area contributed by atoms with Gasteiger partial charge >= 0.3 is 0 Å². The van der Waals surface area contributed by atoms with Gasteiger partial charge in [0.2, 0.25) is 0 Å². The van der Waals surface area contributed by atoms with Crippen molar-refractivity contribution in [3.05, 3.63) is 175 Å². The molecule has 6 aromatic rings. The zero-order valence-corrected chi connectivity index (χ0v) is 28.1. The first-order valence-corrected chi connectivity index (χ1v) is 15.9. The summed E-state index contributed by atoms with van der Waals surface area (Å²) in [6.45, 7) is 0. The molecule has 0 amide bonds. The van der Waals surface area contributed by atoms with Crippen molar-refractivity contribution in [2.24, 2.45) is 0 Å². The lowest BCUT2D eigenvalue weighted by atomic mass is 10.1. The van der Waals surface area contributed by atoms with Gasteiger partial charge in [0.1, 0.15) is 0 Å². The molecule has 42 heavy (non-hydrogen) atoms. The van der Waals surface area contributed by atoms with Gasteiger partial charge in [0, 0.05) is 56.5 Å². The number of pyridine rings is 3. The summed E-state index contributed by atoms with van der Waals surface area (Å²) in [5, 5.41) is 0. The van der Waals surface area contributed by atoms with Gasteiger partial charge in [-0.25, -0.2) is 0 Å². The summed E-state index contributed by atoms with van der Waals surface area (Å²) in [5.41, 5.74) is 14.2. The molecule has 0 saturated heterocycles. The fourth-order valence-corrected chi connectivity index (χ4v) is 5.18. The second kappa shape index (κ2) is 16.9. The molecule has 0 atom stereocenters. The predicted octanol–water partition coefficient (Wildman–Crippen LogP) is 9.81. The first kappa shape index (κ1) is 31.5. The quantitative estimate of drug-likeness (QED) is 0.177. The summed E-state index contributed by atoms with van der Waals surface area (Å²) in [7, 11) is 0. The van der Waals surface area contributed by atoms with E-state index in [1.165, 1.54) is 37.0 Å². The van der Waals surface area contributed by atoms with Crippen LogP contribution in [0.15, 0.2) is 149 Å². The Morgan fingerprint density at radius 2 is 1.17 bits per heavy atom. The number of aromatic nitrogens is 3. The van der Waals surface area contributed by atoms with Crippen LogP contribution in [0.25, 0.3) is 11.1 Å². The highest BCUT2D eigenvalue weighted by molar-refractivity contribution is 14.1. The number of nitrogens with zero attached hydrogens (tertiary/aromatic N) is 3. The molecule has 210 valence electrons. The summed E-state index contributed by atoms with van der Waals surface area (Å²) in [6, 6.07) is 35.1. The molecule has 2 N–H and O–H groups in total. The molecule has 3 heterocycles. The van der Waals surface area contributed by atoms with Crippen molar-refractivity contribution in [2.75, 3.05) is 5.73 Å². The van der Waals surface area contributed by atoms with Crippen LogP contribution in [0.4, 0.5) is 5.69 Å². The number of nitrogens with two attached hydrogens (primary N) is 1. The van der Waals surface area contributed by atoms with E-state index in [0.29, 0.717) is 0 Å². The zero-order chi connectivity index (χ0) is 29.6. The molecular weight excluding hydrogens is 763 g/mol. The Kier molecular flexibility index (Phi) is 12.7. The minimum atomic E-state index is 0.722. The zero-order valence-electron chi connectivity index (χ0n) is 22.7. The number of rotatable bonds is 2. The van der Waals surface area contributed by atoms with Crippen LogP contribution in [0.1, 0.15) is 22.3 Å². The first-order chi connectivity index (χ1) is 20.5. The van der Waals surface area contributed by atoms with Crippen LogP contribution in [-0.4, -0.2) is 15.0 Å². The average Bonchev–Trinajstić information content (AvgIpc) is 3.41. The highest BCUT2D eigenvalue weighted by Crippen LogP contribution is 2.35. The van der Waals surface area contributed by atoms with Gasteiger partial charge in [0.25, 0.3) is 0 Å². The number of anilines is 1.